The molecule has 2 aliphatic heterocycles. The van der Waals surface area contributed by atoms with Crippen LogP contribution in [0.4, 0.5) is 4.79 Å². The van der Waals surface area contributed by atoms with Crippen molar-refractivity contribution in [2.45, 2.75) is 77.5 Å². The Morgan fingerprint density at radius 3 is 2.45 bits per heavy atom. The second kappa shape index (κ2) is 12.0. The fourth-order valence-electron chi connectivity index (χ4n) is 4.76. The van der Waals surface area contributed by atoms with E-state index in [1.165, 1.54) is 0 Å². The van der Waals surface area contributed by atoms with E-state index in [9.17, 15) is 14.4 Å². The van der Waals surface area contributed by atoms with Gasteiger partial charge in [-0.2, -0.15) is 0 Å². The van der Waals surface area contributed by atoms with Gasteiger partial charge in [-0.1, -0.05) is 76.3 Å². The van der Waals surface area contributed by atoms with Crippen molar-refractivity contribution >= 4 is 17.8 Å². The van der Waals surface area contributed by atoms with Crippen LogP contribution >= 0.6 is 0 Å². The van der Waals surface area contributed by atoms with E-state index in [1.54, 1.807) is 22.0 Å². The van der Waals surface area contributed by atoms with Crippen LogP contribution in [0.5, 0.6) is 0 Å². The first kappa shape index (κ1) is 25.0. The summed E-state index contributed by atoms with van der Waals surface area (Å²) in [7, 11) is 1.76. The monoisotopic (exact) mass is 457 g/mol. The Kier molecular flexibility index (Phi) is 9.11. The van der Waals surface area contributed by atoms with Crippen molar-refractivity contribution < 1.29 is 14.4 Å². The maximum Gasteiger partial charge on any atom is 0.334 e. The number of fused-ring (bicyclic) bond motifs is 1. The zero-order valence-corrected chi connectivity index (χ0v) is 20.3. The summed E-state index contributed by atoms with van der Waals surface area (Å²) >= 11 is 0. The highest BCUT2D eigenvalue weighted by atomic mass is 16.2. The molecule has 1 N–H and O–H groups in total. The SMILES string of the molecule is CCCCCCN1CC2N(C(=O)CN(C)N2C(=O)NCc2ccccc2)[C@@H](CCCC)C1=O. The number of urea groups is 1. The molecular formula is C25H39N5O3. The minimum Gasteiger partial charge on any atom is -0.337 e. The van der Waals surface area contributed by atoms with Crippen LogP contribution in [0.1, 0.15) is 64.4 Å². The van der Waals surface area contributed by atoms with Crippen molar-refractivity contribution in [3.8, 4) is 0 Å². The molecule has 8 heteroatoms. The van der Waals surface area contributed by atoms with Crippen LogP contribution in [0.2, 0.25) is 0 Å². The number of piperazine rings is 1. The van der Waals surface area contributed by atoms with Crippen LogP contribution in [-0.4, -0.2) is 76.6 Å². The first-order valence-corrected chi connectivity index (χ1v) is 12.4. The van der Waals surface area contributed by atoms with Crippen molar-refractivity contribution in [2.75, 3.05) is 26.7 Å². The number of hydrazine groups is 1. The number of carbonyl (C=O) groups is 3. The Morgan fingerprint density at radius 2 is 1.76 bits per heavy atom. The van der Waals surface area contributed by atoms with Crippen LogP contribution < -0.4 is 5.32 Å². The Hall–Kier alpha value is -2.61. The highest BCUT2D eigenvalue weighted by Gasteiger charge is 2.50. The van der Waals surface area contributed by atoms with Gasteiger partial charge in [-0.25, -0.2) is 14.8 Å². The summed E-state index contributed by atoms with van der Waals surface area (Å²) in [6, 6.07) is 9.01. The van der Waals surface area contributed by atoms with Gasteiger partial charge in [-0.15, -0.1) is 0 Å². The number of hydrogen-bond acceptors (Lipinski definition) is 4. The van der Waals surface area contributed by atoms with Crippen molar-refractivity contribution in [1.29, 1.82) is 0 Å². The van der Waals surface area contributed by atoms with E-state index >= 15 is 0 Å². The summed E-state index contributed by atoms with van der Waals surface area (Å²) in [6.45, 7) is 5.76. The molecule has 182 valence electrons. The molecule has 33 heavy (non-hydrogen) atoms. The minimum atomic E-state index is -0.500. The summed E-state index contributed by atoms with van der Waals surface area (Å²) in [5, 5.41) is 6.31. The molecule has 2 saturated heterocycles. The van der Waals surface area contributed by atoms with Gasteiger partial charge in [0, 0.05) is 20.1 Å². The largest absolute Gasteiger partial charge is 0.337 e. The van der Waals surface area contributed by atoms with Gasteiger partial charge >= 0.3 is 6.03 Å². The molecule has 1 aromatic rings. The Morgan fingerprint density at radius 1 is 1.03 bits per heavy atom. The number of nitrogens with zero attached hydrogens (tertiary/aromatic N) is 4. The molecule has 2 atom stereocenters. The Balaban J connectivity index is 1.79. The zero-order chi connectivity index (χ0) is 23.8. The summed E-state index contributed by atoms with van der Waals surface area (Å²) < 4.78 is 0. The molecular weight excluding hydrogens is 418 g/mol. The van der Waals surface area contributed by atoms with Gasteiger partial charge in [-0.05, 0) is 18.4 Å². The van der Waals surface area contributed by atoms with Crippen LogP contribution in [0.25, 0.3) is 0 Å². The lowest BCUT2D eigenvalue weighted by atomic mass is 10.0. The standard InChI is InChI=1S/C25H39N5O3/c1-4-6-8-12-16-28-18-22-29(21(24(28)32)15-7-5-2)23(31)19-27(3)30(22)25(33)26-17-20-13-10-9-11-14-20/h9-11,13-14,21-22H,4-8,12,15-19H2,1-3H3,(H,26,33)/t21-,22?/m0/s1. The maximum absolute atomic E-state index is 13.4. The maximum atomic E-state index is 13.4. The first-order valence-electron chi connectivity index (χ1n) is 12.4. The fourth-order valence-corrected chi connectivity index (χ4v) is 4.76. The molecule has 0 aromatic heterocycles. The number of carbonyl (C=O) groups excluding carboxylic acids is 3. The van der Waals surface area contributed by atoms with E-state index in [2.05, 4.69) is 19.2 Å². The van der Waals surface area contributed by atoms with E-state index in [0.29, 0.717) is 26.1 Å². The van der Waals surface area contributed by atoms with Crippen molar-refractivity contribution in [3.05, 3.63) is 35.9 Å². The molecule has 0 spiro atoms. The fraction of sp³-hybridized carbons (Fsp3) is 0.640. The van der Waals surface area contributed by atoms with Gasteiger partial charge in [-0.3, -0.25) is 9.59 Å². The second-order valence-corrected chi connectivity index (χ2v) is 9.09. The molecule has 8 nitrogen and oxygen atoms in total. The number of amides is 4. The average molecular weight is 458 g/mol. The van der Waals surface area contributed by atoms with E-state index < -0.39 is 12.2 Å². The lowest BCUT2D eigenvalue weighted by Gasteiger charge is -2.54. The third kappa shape index (κ3) is 6.05. The minimum absolute atomic E-state index is 0.0266. The Bertz CT molecular complexity index is 802. The predicted molar refractivity (Wildman–Crippen MR) is 128 cm³/mol. The predicted octanol–water partition coefficient (Wildman–Crippen LogP) is 3.19. The summed E-state index contributed by atoms with van der Waals surface area (Å²) in [6.07, 6.45) is 6.26. The molecule has 4 amide bonds. The van der Waals surface area contributed by atoms with Crippen LogP contribution in [0.15, 0.2) is 30.3 Å². The van der Waals surface area contributed by atoms with Gasteiger partial charge in [0.15, 0.2) is 0 Å². The molecule has 2 heterocycles. The third-order valence-electron chi connectivity index (χ3n) is 6.55. The van der Waals surface area contributed by atoms with Crippen molar-refractivity contribution in [2.24, 2.45) is 0 Å². The van der Waals surface area contributed by atoms with Crippen LogP contribution in [-0.2, 0) is 16.1 Å². The molecule has 2 fully saturated rings. The molecule has 0 bridgehead atoms. The summed E-state index contributed by atoms with van der Waals surface area (Å²) in [5.74, 6) is -0.0616. The third-order valence-corrected chi connectivity index (χ3v) is 6.55. The smallest absolute Gasteiger partial charge is 0.334 e. The van der Waals surface area contributed by atoms with E-state index in [4.69, 9.17) is 0 Å². The molecule has 1 aromatic carbocycles. The van der Waals surface area contributed by atoms with Gasteiger partial charge < -0.3 is 15.1 Å². The lowest BCUT2D eigenvalue weighted by molar-refractivity contribution is -0.187. The number of likely N-dealkylation sites (N-methyl/N-ethyl adjacent to an activating group) is 1. The highest BCUT2D eigenvalue weighted by Crippen LogP contribution is 2.28. The number of unbranched alkanes of at least 4 members (excludes halogenated alkanes) is 4. The van der Waals surface area contributed by atoms with Gasteiger partial charge in [0.05, 0.1) is 13.1 Å². The number of rotatable bonds is 10. The summed E-state index contributed by atoms with van der Waals surface area (Å²) in [4.78, 5) is 43.3. The van der Waals surface area contributed by atoms with Crippen LogP contribution in [0.3, 0.4) is 0 Å². The molecule has 0 aliphatic carbocycles. The molecule has 3 rings (SSSR count). The second-order valence-electron chi connectivity index (χ2n) is 9.09. The van der Waals surface area contributed by atoms with Crippen molar-refractivity contribution in [1.82, 2.24) is 25.1 Å². The first-order chi connectivity index (χ1) is 16.0. The number of nitrogens with one attached hydrogen (secondary N) is 1. The highest BCUT2D eigenvalue weighted by molar-refractivity contribution is 5.91. The lowest BCUT2D eigenvalue weighted by Crippen LogP contribution is -2.75. The topological polar surface area (TPSA) is 76.2 Å². The zero-order valence-electron chi connectivity index (χ0n) is 20.3. The Labute approximate surface area is 197 Å². The van der Waals surface area contributed by atoms with Gasteiger partial charge in [0.25, 0.3) is 0 Å². The van der Waals surface area contributed by atoms with E-state index in [0.717, 1.165) is 44.1 Å². The average Bonchev–Trinajstić information content (AvgIpc) is 2.81. The molecule has 1 unspecified atom stereocenters. The summed E-state index contributed by atoms with van der Waals surface area (Å²) in [5.41, 5.74) is 1.01. The van der Waals surface area contributed by atoms with Gasteiger partial charge in [0.1, 0.15) is 12.2 Å². The molecule has 0 radical (unpaired) electrons. The van der Waals surface area contributed by atoms with Gasteiger partial charge in [0.2, 0.25) is 11.8 Å². The van der Waals surface area contributed by atoms with E-state index in [-0.39, 0.29) is 24.4 Å². The normalized spacial score (nSPS) is 21.4. The molecule has 0 saturated carbocycles. The quantitative estimate of drug-likeness (QED) is 0.548. The number of benzene rings is 1. The molecule has 2 aliphatic rings. The van der Waals surface area contributed by atoms with E-state index in [1.807, 2.05) is 35.2 Å². The van der Waals surface area contributed by atoms with Crippen molar-refractivity contribution in [3.63, 3.8) is 0 Å². The van der Waals surface area contributed by atoms with Crippen LogP contribution in [0, 0.1) is 0 Å². The number of hydrogen-bond donors (Lipinski definition) is 1.